The van der Waals surface area contributed by atoms with E-state index >= 15 is 0 Å². The van der Waals surface area contributed by atoms with Crippen molar-refractivity contribution in [3.05, 3.63) is 64.7 Å². The van der Waals surface area contributed by atoms with Crippen LogP contribution < -0.4 is 10.6 Å². The summed E-state index contributed by atoms with van der Waals surface area (Å²) in [4.78, 5) is 0. The zero-order valence-electron chi connectivity index (χ0n) is 14.3. The van der Waals surface area contributed by atoms with E-state index in [1.165, 1.54) is 22.8 Å². The van der Waals surface area contributed by atoms with Gasteiger partial charge in [0.2, 0.25) is 0 Å². The van der Waals surface area contributed by atoms with Gasteiger partial charge in [0.1, 0.15) is 0 Å². The second kappa shape index (κ2) is 7.71. The Morgan fingerprint density at radius 1 is 1.00 bits per heavy atom. The fourth-order valence-corrected chi connectivity index (χ4v) is 2.91. The number of benzene rings is 2. The molecule has 0 bridgehead atoms. The van der Waals surface area contributed by atoms with E-state index in [2.05, 4.69) is 56.5 Å². The van der Waals surface area contributed by atoms with Crippen molar-refractivity contribution in [2.45, 2.75) is 33.7 Å². The van der Waals surface area contributed by atoms with E-state index in [1.807, 2.05) is 0 Å². The molecule has 128 valence electrons. The molecule has 2 rings (SSSR count). The average molecular weight is 348 g/mol. The minimum Gasteiger partial charge on any atom is -0.355 e. The molecule has 0 aliphatic heterocycles. The number of nitrogens with one attached hydrogen (secondary N) is 2. The van der Waals surface area contributed by atoms with E-state index in [1.54, 1.807) is 0 Å². The van der Waals surface area contributed by atoms with Gasteiger partial charge in [-0.3, -0.25) is 0 Å². The van der Waals surface area contributed by atoms with E-state index < -0.39 is 11.6 Å². The lowest BCUT2D eigenvalue weighted by molar-refractivity contribution is 0.471. The molecule has 0 amide bonds. The van der Waals surface area contributed by atoms with Crippen molar-refractivity contribution in [1.29, 1.82) is 0 Å². The molecule has 0 radical (unpaired) electrons. The Hall–Kier alpha value is -2.01. The van der Waals surface area contributed by atoms with Gasteiger partial charge in [-0.1, -0.05) is 37.6 Å². The lowest BCUT2D eigenvalue weighted by atomic mass is 9.92. The van der Waals surface area contributed by atoms with E-state index in [-0.39, 0.29) is 6.04 Å². The Kier molecular flexibility index (Phi) is 5.89. The van der Waals surface area contributed by atoms with Gasteiger partial charge in [-0.25, -0.2) is 8.78 Å². The number of hydrogen-bond donors (Lipinski definition) is 2. The fourth-order valence-electron chi connectivity index (χ4n) is 2.66. The molecule has 5 heteroatoms. The minimum absolute atomic E-state index is 0.0240. The molecule has 0 aliphatic rings. The van der Waals surface area contributed by atoms with Crippen LogP contribution in [0.25, 0.3) is 0 Å². The SMILES string of the molecule is Cc1ccc([C@H](NC(=S)Nc2ccc(F)c(F)c2)C(C)C)c(C)c1. The number of aryl methyl sites for hydroxylation is 2. The van der Waals surface area contributed by atoms with Crippen LogP contribution in [0.4, 0.5) is 14.5 Å². The maximum atomic E-state index is 13.3. The number of hydrogen-bond acceptors (Lipinski definition) is 1. The molecule has 0 spiro atoms. The first-order chi connectivity index (χ1) is 11.3. The normalized spacial score (nSPS) is 12.1. The van der Waals surface area contributed by atoms with Crippen LogP contribution in [0, 0.1) is 31.4 Å². The van der Waals surface area contributed by atoms with Gasteiger partial charge in [-0.2, -0.15) is 0 Å². The first kappa shape index (κ1) is 18.3. The fraction of sp³-hybridized carbons (Fsp3) is 0.316. The summed E-state index contributed by atoms with van der Waals surface area (Å²) in [6.45, 7) is 8.35. The molecule has 0 aromatic heterocycles. The standard InChI is InChI=1S/C19H22F2N2S/c1-11(2)18(15-7-5-12(3)9-13(15)4)23-19(24)22-14-6-8-16(20)17(21)10-14/h5-11,18H,1-4H3,(H2,22,23,24)/t18-/m1/s1. The number of anilines is 1. The Labute approximate surface area is 147 Å². The highest BCUT2D eigenvalue weighted by Gasteiger charge is 2.19. The summed E-state index contributed by atoms with van der Waals surface area (Å²) in [6, 6.07) is 9.95. The van der Waals surface area contributed by atoms with Gasteiger partial charge in [0.15, 0.2) is 16.7 Å². The van der Waals surface area contributed by atoms with Crippen LogP contribution in [0.15, 0.2) is 36.4 Å². The summed E-state index contributed by atoms with van der Waals surface area (Å²) >= 11 is 5.34. The van der Waals surface area contributed by atoms with E-state index in [0.29, 0.717) is 16.7 Å². The molecular formula is C19H22F2N2S. The molecular weight excluding hydrogens is 326 g/mol. The highest BCUT2D eigenvalue weighted by atomic mass is 32.1. The van der Waals surface area contributed by atoms with E-state index in [0.717, 1.165) is 12.1 Å². The van der Waals surface area contributed by atoms with Gasteiger partial charge >= 0.3 is 0 Å². The maximum Gasteiger partial charge on any atom is 0.171 e. The zero-order chi connectivity index (χ0) is 17.9. The zero-order valence-corrected chi connectivity index (χ0v) is 15.1. The largest absolute Gasteiger partial charge is 0.355 e. The molecule has 0 saturated carbocycles. The lowest BCUT2D eigenvalue weighted by Crippen LogP contribution is -2.35. The van der Waals surface area contributed by atoms with Gasteiger partial charge in [0, 0.05) is 11.8 Å². The molecule has 0 fully saturated rings. The highest BCUT2D eigenvalue weighted by molar-refractivity contribution is 7.80. The quantitative estimate of drug-likeness (QED) is 0.737. The molecule has 2 N–H and O–H groups in total. The van der Waals surface area contributed by atoms with Gasteiger partial charge in [0.25, 0.3) is 0 Å². The molecule has 2 aromatic carbocycles. The van der Waals surface area contributed by atoms with Crippen LogP contribution >= 0.6 is 12.2 Å². The summed E-state index contributed by atoms with van der Waals surface area (Å²) in [5.41, 5.74) is 3.98. The number of thiocarbonyl (C=S) groups is 1. The van der Waals surface area contributed by atoms with Crippen LogP contribution in [-0.4, -0.2) is 5.11 Å². The molecule has 2 nitrogen and oxygen atoms in total. The van der Waals surface area contributed by atoms with Crippen molar-refractivity contribution in [3.8, 4) is 0 Å². The monoisotopic (exact) mass is 348 g/mol. The predicted molar refractivity (Wildman–Crippen MR) is 99.2 cm³/mol. The summed E-state index contributed by atoms with van der Waals surface area (Å²) in [5, 5.41) is 6.56. The van der Waals surface area contributed by atoms with E-state index in [4.69, 9.17) is 12.2 Å². The highest BCUT2D eigenvalue weighted by Crippen LogP contribution is 2.25. The van der Waals surface area contributed by atoms with Crippen LogP contribution in [-0.2, 0) is 0 Å². The van der Waals surface area contributed by atoms with Crippen LogP contribution in [0.2, 0.25) is 0 Å². The van der Waals surface area contributed by atoms with Gasteiger partial charge in [-0.15, -0.1) is 0 Å². The van der Waals surface area contributed by atoms with Crippen LogP contribution in [0.1, 0.15) is 36.6 Å². The van der Waals surface area contributed by atoms with Crippen molar-refractivity contribution < 1.29 is 8.78 Å². The Bertz CT molecular complexity index is 744. The smallest absolute Gasteiger partial charge is 0.171 e. The van der Waals surface area contributed by atoms with Crippen molar-refractivity contribution in [1.82, 2.24) is 5.32 Å². The Morgan fingerprint density at radius 2 is 1.71 bits per heavy atom. The van der Waals surface area contributed by atoms with Crippen molar-refractivity contribution in [3.63, 3.8) is 0 Å². The van der Waals surface area contributed by atoms with Crippen LogP contribution in [0.3, 0.4) is 0 Å². The molecule has 0 saturated heterocycles. The molecule has 2 aromatic rings. The summed E-state index contributed by atoms with van der Waals surface area (Å²) in [6.07, 6.45) is 0. The summed E-state index contributed by atoms with van der Waals surface area (Å²) < 4.78 is 26.3. The third-order valence-corrected chi connectivity index (χ3v) is 4.11. The van der Waals surface area contributed by atoms with Crippen LogP contribution in [0.5, 0.6) is 0 Å². The van der Waals surface area contributed by atoms with Crippen molar-refractivity contribution in [2.75, 3.05) is 5.32 Å². The second-order valence-electron chi connectivity index (χ2n) is 6.31. The predicted octanol–water partition coefficient (Wildman–Crippen LogP) is 5.27. The van der Waals surface area contributed by atoms with Crippen molar-refractivity contribution in [2.24, 2.45) is 5.92 Å². The molecule has 0 unspecified atom stereocenters. The molecule has 0 aliphatic carbocycles. The first-order valence-corrected chi connectivity index (χ1v) is 8.28. The van der Waals surface area contributed by atoms with Gasteiger partial charge in [0.05, 0.1) is 6.04 Å². The third kappa shape index (κ3) is 4.51. The van der Waals surface area contributed by atoms with Gasteiger partial charge in [-0.05, 0) is 55.2 Å². The minimum atomic E-state index is -0.905. The Balaban J connectivity index is 2.15. The third-order valence-electron chi connectivity index (χ3n) is 3.89. The average Bonchev–Trinajstić information content (AvgIpc) is 2.49. The second-order valence-corrected chi connectivity index (χ2v) is 6.72. The Morgan fingerprint density at radius 3 is 2.29 bits per heavy atom. The topological polar surface area (TPSA) is 24.1 Å². The number of halogens is 2. The first-order valence-electron chi connectivity index (χ1n) is 7.87. The maximum absolute atomic E-state index is 13.3. The summed E-state index contributed by atoms with van der Waals surface area (Å²) in [7, 11) is 0. The molecule has 24 heavy (non-hydrogen) atoms. The molecule has 0 heterocycles. The van der Waals surface area contributed by atoms with E-state index in [9.17, 15) is 8.78 Å². The molecule has 1 atom stereocenters. The summed E-state index contributed by atoms with van der Waals surface area (Å²) in [5.74, 6) is -1.48. The van der Waals surface area contributed by atoms with Crippen molar-refractivity contribution >= 4 is 23.0 Å². The lowest BCUT2D eigenvalue weighted by Gasteiger charge is -2.26. The van der Waals surface area contributed by atoms with Gasteiger partial charge < -0.3 is 10.6 Å². The number of rotatable bonds is 4.